The highest BCUT2D eigenvalue weighted by Gasteiger charge is 2.67. The van der Waals surface area contributed by atoms with Crippen molar-refractivity contribution in [3.8, 4) is 12.3 Å². The Balaban J connectivity index is 1.92. The lowest BCUT2D eigenvalue weighted by Crippen LogP contribution is -2.64. The molecule has 2 aliphatic heterocycles. The highest BCUT2D eigenvalue weighted by atomic mass is 16.8. The van der Waals surface area contributed by atoms with E-state index in [2.05, 4.69) is 12.8 Å². The van der Waals surface area contributed by atoms with Crippen LogP contribution in [0.15, 0.2) is 0 Å². The highest BCUT2D eigenvalue weighted by Crippen LogP contribution is 2.59. The van der Waals surface area contributed by atoms with Crippen molar-refractivity contribution in [3.63, 3.8) is 0 Å². The van der Waals surface area contributed by atoms with Crippen LogP contribution in [-0.4, -0.2) is 38.0 Å². The molecular weight excluding hydrogens is 256 g/mol. The third-order valence-corrected chi connectivity index (χ3v) is 5.20. The van der Waals surface area contributed by atoms with Gasteiger partial charge in [0.25, 0.3) is 0 Å². The summed E-state index contributed by atoms with van der Waals surface area (Å²) in [6.45, 7) is 4.81. The quantitative estimate of drug-likeness (QED) is 0.588. The Morgan fingerprint density at radius 3 is 1.90 bits per heavy atom. The van der Waals surface area contributed by atoms with Gasteiger partial charge in [0.2, 0.25) is 0 Å². The molecule has 0 aromatic carbocycles. The first-order valence-electron chi connectivity index (χ1n) is 7.67. The number of terminal acetylenes is 1. The maximum atomic E-state index is 6.08. The first-order chi connectivity index (χ1) is 9.68. The number of unbranched alkanes of at least 4 members (excludes halogenated alkanes) is 1. The van der Waals surface area contributed by atoms with Crippen LogP contribution < -0.4 is 0 Å². The van der Waals surface area contributed by atoms with Crippen molar-refractivity contribution in [2.75, 3.05) is 26.4 Å². The maximum Gasteiger partial charge on any atom is 0.178 e. The summed E-state index contributed by atoms with van der Waals surface area (Å²) in [6.07, 6.45) is 10.8. The Morgan fingerprint density at radius 2 is 1.45 bits per heavy atom. The van der Waals surface area contributed by atoms with Crippen molar-refractivity contribution in [2.45, 2.75) is 57.0 Å². The van der Waals surface area contributed by atoms with Gasteiger partial charge >= 0.3 is 0 Å². The molecule has 3 rings (SSSR count). The standard InChI is InChI=1S/C16H24O4/c1-3-4-5-7-14(2)15(17-10-11-18-15)8-6-9-16(14)19-12-13-20-16/h1H,4-13H2,2H3. The average Bonchev–Trinajstić information content (AvgIpc) is 3.08. The van der Waals surface area contributed by atoms with E-state index in [9.17, 15) is 0 Å². The lowest BCUT2D eigenvalue weighted by molar-refractivity contribution is -0.363. The van der Waals surface area contributed by atoms with E-state index in [4.69, 9.17) is 25.4 Å². The third-order valence-electron chi connectivity index (χ3n) is 5.20. The summed E-state index contributed by atoms with van der Waals surface area (Å²) in [7, 11) is 0. The molecule has 4 heteroatoms. The van der Waals surface area contributed by atoms with Gasteiger partial charge in [-0.3, -0.25) is 0 Å². The normalized spacial score (nSPS) is 29.8. The van der Waals surface area contributed by atoms with E-state index in [-0.39, 0.29) is 5.41 Å². The van der Waals surface area contributed by atoms with Crippen LogP contribution in [0.5, 0.6) is 0 Å². The molecule has 4 nitrogen and oxygen atoms in total. The van der Waals surface area contributed by atoms with Gasteiger partial charge in [0.1, 0.15) is 0 Å². The zero-order chi connectivity index (χ0) is 14.1. The second-order valence-electron chi connectivity index (χ2n) is 6.14. The van der Waals surface area contributed by atoms with Crippen molar-refractivity contribution in [1.29, 1.82) is 0 Å². The summed E-state index contributed by atoms with van der Waals surface area (Å²) in [5.41, 5.74) is -0.303. The molecule has 0 N–H and O–H groups in total. The number of hydrogen-bond donors (Lipinski definition) is 0. The zero-order valence-corrected chi connectivity index (χ0v) is 12.3. The molecule has 112 valence electrons. The Morgan fingerprint density at radius 1 is 0.950 bits per heavy atom. The van der Waals surface area contributed by atoms with Crippen LogP contribution in [-0.2, 0) is 18.9 Å². The van der Waals surface area contributed by atoms with Crippen LogP contribution in [0.1, 0.15) is 45.4 Å². The molecule has 2 spiro atoms. The van der Waals surface area contributed by atoms with Crippen LogP contribution in [0.2, 0.25) is 0 Å². The second kappa shape index (κ2) is 5.31. The van der Waals surface area contributed by atoms with Gasteiger partial charge in [-0.1, -0.05) is 0 Å². The molecule has 0 atom stereocenters. The third kappa shape index (κ3) is 1.92. The summed E-state index contributed by atoms with van der Waals surface area (Å²) in [5, 5.41) is 0. The van der Waals surface area contributed by atoms with Crippen molar-refractivity contribution >= 4 is 0 Å². The van der Waals surface area contributed by atoms with Gasteiger partial charge in [0, 0.05) is 19.3 Å². The van der Waals surface area contributed by atoms with E-state index < -0.39 is 11.6 Å². The first-order valence-corrected chi connectivity index (χ1v) is 7.67. The van der Waals surface area contributed by atoms with Gasteiger partial charge in [-0.2, -0.15) is 0 Å². The Hall–Kier alpha value is -0.600. The van der Waals surface area contributed by atoms with E-state index in [0.29, 0.717) is 26.4 Å². The van der Waals surface area contributed by atoms with E-state index >= 15 is 0 Å². The van der Waals surface area contributed by atoms with E-state index in [1.54, 1.807) is 0 Å². The van der Waals surface area contributed by atoms with Crippen LogP contribution >= 0.6 is 0 Å². The van der Waals surface area contributed by atoms with Crippen molar-refractivity contribution in [1.82, 2.24) is 0 Å². The largest absolute Gasteiger partial charge is 0.347 e. The average molecular weight is 280 g/mol. The first kappa shape index (κ1) is 14.3. The van der Waals surface area contributed by atoms with Crippen LogP contribution in [0.25, 0.3) is 0 Å². The summed E-state index contributed by atoms with van der Waals surface area (Å²) < 4.78 is 24.3. The topological polar surface area (TPSA) is 36.9 Å². The minimum atomic E-state index is -0.565. The molecule has 0 aromatic rings. The monoisotopic (exact) mass is 280 g/mol. The molecule has 1 saturated carbocycles. The van der Waals surface area contributed by atoms with E-state index in [1.165, 1.54) is 0 Å². The molecule has 20 heavy (non-hydrogen) atoms. The maximum absolute atomic E-state index is 6.08. The van der Waals surface area contributed by atoms with Gasteiger partial charge in [0.15, 0.2) is 11.6 Å². The minimum absolute atomic E-state index is 0.303. The fraction of sp³-hybridized carbons (Fsp3) is 0.875. The van der Waals surface area contributed by atoms with Crippen molar-refractivity contribution in [3.05, 3.63) is 0 Å². The summed E-state index contributed by atoms with van der Waals surface area (Å²) in [4.78, 5) is 0. The Bertz CT molecular complexity index is 362. The molecular formula is C16H24O4. The number of rotatable bonds is 3. The number of hydrogen-bond acceptors (Lipinski definition) is 4. The highest BCUT2D eigenvalue weighted by molar-refractivity contribution is 5.07. The van der Waals surface area contributed by atoms with Gasteiger partial charge in [-0.25, -0.2) is 0 Å². The second-order valence-corrected chi connectivity index (χ2v) is 6.14. The summed E-state index contributed by atoms with van der Waals surface area (Å²) in [6, 6.07) is 0. The molecule has 0 amide bonds. The fourth-order valence-electron chi connectivity index (χ4n) is 4.16. The molecule has 0 bridgehead atoms. The molecule has 3 aliphatic rings. The van der Waals surface area contributed by atoms with Crippen molar-refractivity contribution in [2.24, 2.45) is 5.41 Å². The zero-order valence-electron chi connectivity index (χ0n) is 12.3. The summed E-state index contributed by atoms with van der Waals surface area (Å²) in [5.74, 6) is 1.59. The van der Waals surface area contributed by atoms with Gasteiger partial charge < -0.3 is 18.9 Å². The molecule has 2 heterocycles. The van der Waals surface area contributed by atoms with Crippen LogP contribution in [0.3, 0.4) is 0 Å². The van der Waals surface area contributed by atoms with Gasteiger partial charge in [-0.15, -0.1) is 12.3 Å². The molecule has 3 fully saturated rings. The van der Waals surface area contributed by atoms with Crippen LogP contribution in [0.4, 0.5) is 0 Å². The molecule has 1 aliphatic carbocycles. The van der Waals surface area contributed by atoms with Gasteiger partial charge in [0.05, 0.1) is 31.8 Å². The molecule has 2 saturated heterocycles. The minimum Gasteiger partial charge on any atom is -0.347 e. The SMILES string of the molecule is C#CCCCC1(C)C2(CCCC13OCCO3)OCCO2. The summed E-state index contributed by atoms with van der Waals surface area (Å²) >= 11 is 0. The van der Waals surface area contributed by atoms with Gasteiger partial charge in [-0.05, 0) is 26.2 Å². The molecule has 0 radical (unpaired) electrons. The van der Waals surface area contributed by atoms with Crippen molar-refractivity contribution < 1.29 is 18.9 Å². The smallest absolute Gasteiger partial charge is 0.178 e. The van der Waals surface area contributed by atoms with Crippen LogP contribution in [0, 0.1) is 17.8 Å². The fourth-order valence-corrected chi connectivity index (χ4v) is 4.16. The predicted molar refractivity (Wildman–Crippen MR) is 73.9 cm³/mol. The van der Waals surface area contributed by atoms with E-state index in [1.807, 2.05) is 0 Å². The lowest BCUT2D eigenvalue weighted by atomic mass is 9.63. The predicted octanol–water partition coefficient (Wildman–Crippen LogP) is 2.47. The Labute approximate surface area is 121 Å². The Kier molecular flexibility index (Phi) is 3.81. The van der Waals surface area contributed by atoms with E-state index in [0.717, 1.165) is 38.5 Å². The molecule has 0 aromatic heterocycles. The lowest BCUT2D eigenvalue weighted by Gasteiger charge is -2.56. The molecule has 0 unspecified atom stereocenters. The number of ether oxygens (including phenoxy) is 4.